The molecule has 3 unspecified atom stereocenters. The first kappa shape index (κ1) is 45.5. The number of likely N-dealkylation sites (N-methyl/N-ethyl adjacent to an activating group) is 1. The zero-order chi connectivity index (χ0) is 48.7. The Morgan fingerprint density at radius 2 is 1.75 bits per heavy atom. The maximum atomic E-state index is 17.3. The smallest absolute Gasteiger partial charge is 0.409 e. The number of aromatic nitrogens is 3. The van der Waals surface area contributed by atoms with Crippen molar-refractivity contribution >= 4 is 57.0 Å². The minimum Gasteiger partial charge on any atom is -0.508 e. The van der Waals surface area contributed by atoms with Crippen LogP contribution in [0.2, 0.25) is 0 Å². The summed E-state index contributed by atoms with van der Waals surface area (Å²) in [6.07, 6.45) is 8.32. The number of phenols is 1. The number of rotatable bonds is 10. The summed E-state index contributed by atoms with van der Waals surface area (Å²) < 4.78 is 30.0. The second kappa shape index (κ2) is 17.9. The van der Waals surface area contributed by atoms with Crippen LogP contribution in [-0.4, -0.2) is 159 Å². The molecule has 6 fully saturated rings. The molecule has 5 atom stereocenters. The summed E-state index contributed by atoms with van der Waals surface area (Å²) in [5, 5.41) is 15.3. The van der Waals surface area contributed by atoms with Gasteiger partial charge in [-0.2, -0.15) is 9.97 Å². The molecule has 7 aliphatic rings. The van der Waals surface area contributed by atoms with Gasteiger partial charge in [0.1, 0.15) is 42.0 Å². The summed E-state index contributed by atoms with van der Waals surface area (Å²) in [4.78, 5) is 78.3. The van der Waals surface area contributed by atoms with Crippen molar-refractivity contribution in [3.63, 3.8) is 0 Å². The molecule has 0 aliphatic carbocycles. The zero-order valence-corrected chi connectivity index (χ0v) is 40.2. The van der Waals surface area contributed by atoms with Gasteiger partial charge in [-0.1, -0.05) is 25.1 Å². The van der Waals surface area contributed by atoms with E-state index < -0.39 is 17.8 Å². The molecule has 6 saturated heterocycles. The largest absolute Gasteiger partial charge is 0.508 e. The van der Waals surface area contributed by atoms with Crippen molar-refractivity contribution in [2.75, 3.05) is 75.9 Å². The van der Waals surface area contributed by atoms with Crippen molar-refractivity contribution in [3.05, 3.63) is 77.2 Å². The van der Waals surface area contributed by atoms with Crippen molar-refractivity contribution < 1.29 is 38.1 Å². The van der Waals surface area contributed by atoms with E-state index in [9.17, 15) is 24.3 Å². The summed E-state index contributed by atoms with van der Waals surface area (Å²) >= 11 is 0. The van der Waals surface area contributed by atoms with Gasteiger partial charge in [0.2, 0.25) is 11.8 Å². The first-order valence-corrected chi connectivity index (χ1v) is 25.4. The summed E-state index contributed by atoms with van der Waals surface area (Å²) in [5.74, 6) is -0.890. The van der Waals surface area contributed by atoms with Gasteiger partial charge in [-0.15, -0.1) is 0 Å². The number of halogens is 1. The zero-order valence-electron chi connectivity index (χ0n) is 40.2. The summed E-state index contributed by atoms with van der Waals surface area (Å²) in [5.41, 5.74) is 3.83. The molecule has 71 heavy (non-hydrogen) atoms. The number of imide groups is 1. The van der Waals surface area contributed by atoms with Crippen molar-refractivity contribution in [1.82, 2.24) is 39.9 Å². The predicted octanol–water partition coefficient (Wildman–Crippen LogP) is 5.63. The fraction of sp³-hybridized carbons (Fsp3) is 0.491. The van der Waals surface area contributed by atoms with E-state index in [-0.39, 0.29) is 65.5 Å². The van der Waals surface area contributed by atoms with E-state index in [2.05, 4.69) is 38.9 Å². The van der Waals surface area contributed by atoms with E-state index in [1.165, 1.54) is 0 Å². The first-order chi connectivity index (χ1) is 34.4. The summed E-state index contributed by atoms with van der Waals surface area (Å²) in [6.45, 7) is 7.43. The SMILES string of the molecule is CCc1cccc2cc(O)cc(-c3ncc4c(N5CC6CCC(C5)N6C)nc(OC[C@@]56CCCN5[C@H](COC(=O)N5CCN(c7ccc8c(c7)CN(C7CCC(=O)NC7=O)C8=O)CC5)CC6)nc4c3F)c12. The average molecular weight is 967 g/mol. The minimum absolute atomic E-state index is 0.0188. The van der Waals surface area contributed by atoms with Crippen LogP contribution in [0.1, 0.15) is 79.8 Å². The van der Waals surface area contributed by atoms with Crippen LogP contribution in [0.4, 0.5) is 20.7 Å². The van der Waals surface area contributed by atoms with Crippen LogP contribution in [0.25, 0.3) is 32.9 Å². The number of piperidine rings is 1. The number of carbonyl (C=O) groups is 4. The first-order valence-electron chi connectivity index (χ1n) is 25.4. The number of pyridine rings is 1. The molecule has 18 heteroatoms. The highest BCUT2D eigenvalue weighted by molar-refractivity contribution is 6.06. The molecule has 5 aromatic rings. The molecule has 370 valence electrons. The third kappa shape index (κ3) is 7.93. The highest BCUT2D eigenvalue weighted by atomic mass is 19.1. The van der Waals surface area contributed by atoms with Gasteiger partial charge < -0.3 is 34.2 Å². The number of ether oxygens (including phenoxy) is 2. The maximum absolute atomic E-state index is 17.3. The predicted molar refractivity (Wildman–Crippen MR) is 263 cm³/mol. The molecule has 2 aromatic heterocycles. The molecule has 0 spiro atoms. The van der Waals surface area contributed by atoms with E-state index in [1.54, 1.807) is 28.1 Å². The standard InChI is InChI=1S/C53H59FN10O7/c1-3-31-6-4-7-32-23-38(65)24-40(44(31)32)46-45(54)47-41(25-55-46)48(62-27-35-8-9-36(28-62)59(35)2)58-51(57-47)71-30-53-15-5-17-64(53)37(14-16-53)29-70-52(69)61-20-18-60(19-21-61)34-10-11-39-33(22-34)26-63(50(39)68)42-12-13-43(66)56-49(42)67/h4,6-7,10-11,22-25,35-37,42,65H,3,5,8-9,12-21,26-30H2,1-2H3,(H,56,66,67)/t35?,36?,37-,42?,53-/m0/s1. The van der Waals surface area contributed by atoms with E-state index >= 15 is 4.39 Å². The monoisotopic (exact) mass is 966 g/mol. The highest BCUT2D eigenvalue weighted by Crippen LogP contribution is 2.44. The molecule has 9 heterocycles. The number of fused-ring (bicyclic) bond motifs is 6. The lowest BCUT2D eigenvalue weighted by Crippen LogP contribution is -2.52. The number of amides is 4. The second-order valence-electron chi connectivity index (χ2n) is 20.6. The van der Waals surface area contributed by atoms with E-state index in [0.29, 0.717) is 80.2 Å². The lowest BCUT2D eigenvalue weighted by molar-refractivity contribution is -0.136. The highest BCUT2D eigenvalue weighted by Gasteiger charge is 2.50. The molecule has 0 radical (unpaired) electrons. The van der Waals surface area contributed by atoms with Gasteiger partial charge in [0.05, 0.1) is 10.9 Å². The van der Waals surface area contributed by atoms with Crippen LogP contribution in [-0.2, 0) is 27.3 Å². The lowest BCUT2D eigenvalue weighted by Gasteiger charge is -2.40. The van der Waals surface area contributed by atoms with Crippen LogP contribution in [0.15, 0.2) is 54.7 Å². The van der Waals surface area contributed by atoms with Gasteiger partial charge in [0.25, 0.3) is 5.91 Å². The minimum atomic E-state index is -0.666. The van der Waals surface area contributed by atoms with Crippen LogP contribution < -0.4 is 19.9 Å². The van der Waals surface area contributed by atoms with Crippen molar-refractivity contribution in [2.45, 2.75) is 101 Å². The molecule has 2 bridgehead atoms. The van der Waals surface area contributed by atoms with E-state index in [4.69, 9.17) is 24.4 Å². The normalized spacial score (nSPS) is 25.6. The van der Waals surface area contributed by atoms with E-state index in [1.807, 2.05) is 36.4 Å². The number of nitrogens with one attached hydrogen (secondary N) is 1. The number of nitrogens with zero attached hydrogens (tertiary/aromatic N) is 9. The Morgan fingerprint density at radius 3 is 2.54 bits per heavy atom. The Bertz CT molecular complexity index is 2990. The maximum Gasteiger partial charge on any atom is 0.409 e. The molecular weight excluding hydrogens is 908 g/mol. The number of aromatic hydroxyl groups is 1. The molecule has 3 aromatic carbocycles. The van der Waals surface area contributed by atoms with Crippen molar-refractivity contribution in [2.24, 2.45) is 0 Å². The Labute approximate surface area is 410 Å². The molecule has 12 rings (SSSR count). The summed E-state index contributed by atoms with van der Waals surface area (Å²) in [7, 11) is 2.18. The number of piperazine rings is 2. The quantitative estimate of drug-likeness (QED) is 0.165. The molecule has 0 saturated carbocycles. The van der Waals surface area contributed by atoms with Crippen LogP contribution in [0.3, 0.4) is 0 Å². The third-order valence-electron chi connectivity index (χ3n) is 16.8. The molecule has 4 amide bonds. The third-order valence-corrected chi connectivity index (χ3v) is 16.8. The van der Waals surface area contributed by atoms with Gasteiger partial charge in [-0.05, 0) is 117 Å². The van der Waals surface area contributed by atoms with Gasteiger partial charge in [0.15, 0.2) is 5.82 Å². The van der Waals surface area contributed by atoms with Crippen molar-refractivity contribution in [3.8, 4) is 23.0 Å². The van der Waals surface area contributed by atoms with E-state index in [0.717, 1.165) is 92.2 Å². The Kier molecular flexibility index (Phi) is 11.5. The average Bonchev–Trinajstić information content (AvgIpc) is 4.09. The van der Waals surface area contributed by atoms with Crippen LogP contribution >= 0.6 is 0 Å². The Hall–Kier alpha value is -6.66. The van der Waals surface area contributed by atoms with Crippen LogP contribution in [0.5, 0.6) is 11.8 Å². The number of anilines is 2. The fourth-order valence-electron chi connectivity index (χ4n) is 12.9. The van der Waals surface area contributed by atoms with Crippen LogP contribution in [0, 0.1) is 5.82 Å². The molecular formula is C53H59FN10O7. The fourth-order valence-corrected chi connectivity index (χ4v) is 12.9. The van der Waals surface area contributed by atoms with Gasteiger partial charge in [-0.3, -0.25) is 34.5 Å². The molecule has 7 aliphatic heterocycles. The van der Waals surface area contributed by atoms with Gasteiger partial charge in [0, 0.05) is 93.4 Å². The number of carbonyl (C=O) groups excluding carboxylic acids is 4. The van der Waals surface area contributed by atoms with Gasteiger partial charge >= 0.3 is 12.1 Å². The molecule has 2 N–H and O–H groups in total. The molecule has 17 nitrogen and oxygen atoms in total. The number of hydrogen-bond donors (Lipinski definition) is 2. The Balaban J connectivity index is 0.722. The number of phenolic OH excluding ortho intramolecular Hbond substituents is 1. The summed E-state index contributed by atoms with van der Waals surface area (Å²) in [6, 6.07) is 15.1. The Morgan fingerprint density at radius 1 is 0.930 bits per heavy atom. The second-order valence-corrected chi connectivity index (χ2v) is 20.6. The lowest BCUT2D eigenvalue weighted by atomic mass is 9.95. The topological polar surface area (TPSA) is 177 Å². The number of aryl methyl sites for hydroxylation is 1. The van der Waals surface area contributed by atoms with Gasteiger partial charge in [-0.25, -0.2) is 9.18 Å². The van der Waals surface area contributed by atoms with Crippen molar-refractivity contribution in [1.29, 1.82) is 0 Å². The number of hydrogen-bond acceptors (Lipinski definition) is 14. The number of benzene rings is 3.